The van der Waals surface area contributed by atoms with Crippen LogP contribution in [-0.2, 0) is 6.61 Å². The van der Waals surface area contributed by atoms with Crippen molar-refractivity contribution >= 4 is 45.9 Å². The number of fused-ring (bicyclic) bond motifs is 1. The van der Waals surface area contributed by atoms with Crippen molar-refractivity contribution in [1.29, 1.82) is 0 Å². The van der Waals surface area contributed by atoms with Gasteiger partial charge in [-0.15, -0.1) is 0 Å². The SMILES string of the molecule is COc1cc(C=Nc2ccc(C)c(Cl)c2)cc(Cl)c1OCc1cccc2ccccc12. The zero-order valence-electron chi connectivity index (χ0n) is 17.2. The predicted octanol–water partition coefficient (Wildman–Crippen LogP) is 7.79. The third-order valence-electron chi connectivity index (χ3n) is 5.02. The molecular weight excluding hydrogens is 429 g/mol. The molecular formula is C26H21Cl2NO2. The first-order valence-corrected chi connectivity index (χ1v) is 10.6. The van der Waals surface area contributed by atoms with E-state index in [9.17, 15) is 0 Å². The van der Waals surface area contributed by atoms with E-state index in [1.165, 1.54) is 5.39 Å². The molecule has 0 aliphatic rings. The maximum Gasteiger partial charge on any atom is 0.180 e. The highest BCUT2D eigenvalue weighted by Gasteiger charge is 2.13. The average Bonchev–Trinajstić information content (AvgIpc) is 2.78. The Morgan fingerprint density at radius 2 is 1.71 bits per heavy atom. The molecule has 0 radical (unpaired) electrons. The molecule has 4 aromatic carbocycles. The molecule has 0 aliphatic heterocycles. The van der Waals surface area contributed by atoms with E-state index < -0.39 is 0 Å². The van der Waals surface area contributed by atoms with Gasteiger partial charge in [0, 0.05) is 11.2 Å². The highest BCUT2D eigenvalue weighted by Crippen LogP contribution is 2.37. The first-order chi connectivity index (χ1) is 15.0. The third-order valence-corrected chi connectivity index (χ3v) is 5.71. The molecule has 0 amide bonds. The number of methoxy groups -OCH3 is 1. The van der Waals surface area contributed by atoms with Crippen molar-refractivity contribution in [3.05, 3.63) is 99.5 Å². The molecule has 0 N–H and O–H groups in total. The molecule has 31 heavy (non-hydrogen) atoms. The fraction of sp³-hybridized carbons (Fsp3) is 0.115. The summed E-state index contributed by atoms with van der Waals surface area (Å²) in [4.78, 5) is 4.49. The van der Waals surface area contributed by atoms with Crippen LogP contribution in [0.2, 0.25) is 10.0 Å². The smallest absolute Gasteiger partial charge is 0.180 e. The van der Waals surface area contributed by atoms with Gasteiger partial charge in [-0.3, -0.25) is 4.99 Å². The molecule has 4 aromatic rings. The van der Waals surface area contributed by atoms with Gasteiger partial charge in [-0.2, -0.15) is 0 Å². The number of rotatable bonds is 6. The highest BCUT2D eigenvalue weighted by atomic mass is 35.5. The summed E-state index contributed by atoms with van der Waals surface area (Å²) in [5.41, 5.74) is 3.66. The van der Waals surface area contributed by atoms with Crippen LogP contribution in [-0.4, -0.2) is 13.3 Å². The van der Waals surface area contributed by atoms with Crippen molar-refractivity contribution in [3.8, 4) is 11.5 Å². The van der Waals surface area contributed by atoms with Crippen LogP contribution in [0.25, 0.3) is 10.8 Å². The summed E-state index contributed by atoms with van der Waals surface area (Å²) in [6, 6.07) is 23.7. The van der Waals surface area contributed by atoms with E-state index in [1.54, 1.807) is 13.3 Å². The molecule has 0 aromatic heterocycles. The molecule has 3 nitrogen and oxygen atoms in total. The first-order valence-electron chi connectivity index (χ1n) is 9.82. The van der Waals surface area contributed by atoms with Gasteiger partial charge < -0.3 is 9.47 Å². The molecule has 0 spiro atoms. The Hall–Kier alpha value is -3.01. The Kier molecular flexibility index (Phi) is 6.45. The molecule has 0 saturated carbocycles. The maximum atomic E-state index is 6.54. The fourth-order valence-electron chi connectivity index (χ4n) is 3.33. The normalized spacial score (nSPS) is 11.2. The maximum absolute atomic E-state index is 6.54. The van der Waals surface area contributed by atoms with E-state index in [0.717, 1.165) is 27.8 Å². The van der Waals surface area contributed by atoms with Gasteiger partial charge in [0.25, 0.3) is 0 Å². The van der Waals surface area contributed by atoms with Crippen LogP contribution in [0.3, 0.4) is 0 Å². The van der Waals surface area contributed by atoms with Crippen molar-refractivity contribution in [2.24, 2.45) is 4.99 Å². The van der Waals surface area contributed by atoms with Gasteiger partial charge in [-0.05, 0) is 58.7 Å². The molecule has 0 saturated heterocycles. The molecule has 156 valence electrons. The minimum Gasteiger partial charge on any atom is -0.493 e. The van der Waals surface area contributed by atoms with Gasteiger partial charge in [0.2, 0.25) is 0 Å². The van der Waals surface area contributed by atoms with Crippen LogP contribution >= 0.6 is 23.2 Å². The second-order valence-electron chi connectivity index (χ2n) is 7.15. The molecule has 4 rings (SSSR count). The topological polar surface area (TPSA) is 30.8 Å². The zero-order chi connectivity index (χ0) is 21.8. The van der Waals surface area contributed by atoms with Crippen molar-refractivity contribution in [1.82, 2.24) is 0 Å². The van der Waals surface area contributed by atoms with Gasteiger partial charge in [0.05, 0.1) is 17.8 Å². The molecule has 0 aliphatic carbocycles. The van der Waals surface area contributed by atoms with E-state index in [4.69, 9.17) is 32.7 Å². The summed E-state index contributed by atoms with van der Waals surface area (Å²) in [6.07, 6.45) is 1.73. The summed E-state index contributed by atoms with van der Waals surface area (Å²) < 4.78 is 11.6. The van der Waals surface area contributed by atoms with E-state index >= 15 is 0 Å². The monoisotopic (exact) mass is 449 g/mol. The lowest BCUT2D eigenvalue weighted by atomic mass is 10.1. The lowest BCUT2D eigenvalue weighted by Crippen LogP contribution is -2.00. The number of hydrogen-bond donors (Lipinski definition) is 0. The quantitative estimate of drug-likeness (QED) is 0.281. The first kappa shape index (κ1) is 21.2. The summed E-state index contributed by atoms with van der Waals surface area (Å²) in [5.74, 6) is 1.06. The van der Waals surface area contributed by atoms with Crippen molar-refractivity contribution in [3.63, 3.8) is 0 Å². The molecule has 0 heterocycles. The number of halogens is 2. The van der Waals surface area contributed by atoms with Crippen molar-refractivity contribution < 1.29 is 9.47 Å². The van der Waals surface area contributed by atoms with E-state index in [-0.39, 0.29) is 0 Å². The summed E-state index contributed by atoms with van der Waals surface area (Å²) in [5, 5.41) is 3.47. The van der Waals surface area contributed by atoms with E-state index in [0.29, 0.717) is 28.2 Å². The third kappa shape index (κ3) is 4.84. The molecule has 0 fully saturated rings. The van der Waals surface area contributed by atoms with Gasteiger partial charge in [-0.1, -0.05) is 71.7 Å². The van der Waals surface area contributed by atoms with Gasteiger partial charge >= 0.3 is 0 Å². The number of aryl methyl sites for hydroxylation is 1. The number of benzene rings is 4. The minimum atomic E-state index is 0.382. The second kappa shape index (κ2) is 9.42. The number of ether oxygens (including phenoxy) is 2. The number of hydrogen-bond acceptors (Lipinski definition) is 3. The van der Waals surface area contributed by atoms with Crippen LogP contribution in [0.4, 0.5) is 5.69 Å². The van der Waals surface area contributed by atoms with Crippen LogP contribution in [0.5, 0.6) is 11.5 Å². The second-order valence-corrected chi connectivity index (χ2v) is 7.97. The lowest BCUT2D eigenvalue weighted by Gasteiger charge is -2.14. The average molecular weight is 450 g/mol. The lowest BCUT2D eigenvalue weighted by molar-refractivity contribution is 0.286. The Labute approximate surface area is 191 Å². The van der Waals surface area contributed by atoms with Crippen LogP contribution < -0.4 is 9.47 Å². The minimum absolute atomic E-state index is 0.382. The van der Waals surface area contributed by atoms with Gasteiger partial charge in [0.15, 0.2) is 11.5 Å². The number of nitrogens with zero attached hydrogens (tertiary/aromatic N) is 1. The molecule has 5 heteroatoms. The van der Waals surface area contributed by atoms with Crippen molar-refractivity contribution in [2.45, 2.75) is 13.5 Å². The van der Waals surface area contributed by atoms with Crippen molar-refractivity contribution in [2.75, 3.05) is 7.11 Å². The van der Waals surface area contributed by atoms with Crippen LogP contribution in [0.1, 0.15) is 16.7 Å². The Morgan fingerprint density at radius 3 is 2.52 bits per heavy atom. The largest absolute Gasteiger partial charge is 0.493 e. The molecule has 0 atom stereocenters. The Bertz CT molecular complexity index is 1260. The zero-order valence-corrected chi connectivity index (χ0v) is 18.7. The fourth-order valence-corrected chi connectivity index (χ4v) is 3.78. The highest BCUT2D eigenvalue weighted by molar-refractivity contribution is 6.32. The van der Waals surface area contributed by atoms with Gasteiger partial charge in [-0.25, -0.2) is 0 Å². The van der Waals surface area contributed by atoms with Crippen LogP contribution in [0.15, 0.2) is 77.8 Å². The Balaban J connectivity index is 1.57. The van der Waals surface area contributed by atoms with Gasteiger partial charge in [0.1, 0.15) is 6.61 Å². The van der Waals surface area contributed by atoms with Crippen LogP contribution in [0, 0.1) is 6.92 Å². The van der Waals surface area contributed by atoms with E-state index in [1.807, 2.05) is 55.5 Å². The molecule has 0 unspecified atom stereocenters. The summed E-state index contributed by atoms with van der Waals surface area (Å²) >= 11 is 12.7. The summed E-state index contributed by atoms with van der Waals surface area (Å²) in [7, 11) is 1.59. The van der Waals surface area contributed by atoms with E-state index in [2.05, 4.69) is 29.3 Å². The Morgan fingerprint density at radius 1 is 0.903 bits per heavy atom. The molecule has 0 bridgehead atoms. The summed E-state index contributed by atoms with van der Waals surface area (Å²) in [6.45, 7) is 2.34. The predicted molar refractivity (Wildman–Crippen MR) is 130 cm³/mol. The number of aliphatic imine (C=N–C) groups is 1. The standard InChI is InChI=1S/C26H21Cl2NO2/c1-17-10-11-21(14-23(17)27)29-15-18-12-24(28)26(25(13-18)30-2)31-16-20-8-5-7-19-6-3-4-9-22(19)20/h3-15H,16H2,1-2H3.